The van der Waals surface area contributed by atoms with Crippen LogP contribution in [0.15, 0.2) is 85.3 Å². The number of rotatable bonds is 6. The van der Waals surface area contributed by atoms with Crippen molar-refractivity contribution >= 4 is 34.7 Å². The number of hydrogen-bond acceptors (Lipinski definition) is 6. The smallest absolute Gasteiger partial charge is 0.255 e. The molecule has 2 heterocycles. The third-order valence-electron chi connectivity index (χ3n) is 4.29. The van der Waals surface area contributed by atoms with Gasteiger partial charge in [0.25, 0.3) is 5.91 Å². The van der Waals surface area contributed by atoms with E-state index in [9.17, 15) is 4.79 Å². The molecule has 0 radical (unpaired) electrons. The number of carbonyl (C=O) groups excluding carboxylic acids is 1. The summed E-state index contributed by atoms with van der Waals surface area (Å²) < 4.78 is 0. The third kappa shape index (κ3) is 4.96. The fourth-order valence-corrected chi connectivity index (χ4v) is 2.81. The van der Waals surface area contributed by atoms with Crippen LogP contribution in [0.5, 0.6) is 0 Å². The molecule has 0 aliphatic heterocycles. The Balaban J connectivity index is 1.40. The Kier molecular flexibility index (Phi) is 5.61. The van der Waals surface area contributed by atoms with Gasteiger partial charge in [-0.15, -0.1) is 0 Å². The summed E-state index contributed by atoms with van der Waals surface area (Å²) >= 11 is 0. The van der Waals surface area contributed by atoms with Crippen LogP contribution in [0.25, 0.3) is 0 Å². The summed E-state index contributed by atoms with van der Waals surface area (Å²) in [5.41, 5.74) is 3.28. The molecule has 0 aliphatic carbocycles. The molecule has 0 saturated heterocycles. The molecule has 0 unspecified atom stereocenters. The van der Waals surface area contributed by atoms with Crippen molar-refractivity contribution in [1.82, 2.24) is 15.0 Å². The van der Waals surface area contributed by atoms with Gasteiger partial charge < -0.3 is 16.0 Å². The molecule has 4 rings (SSSR count). The number of aromatic nitrogens is 3. The van der Waals surface area contributed by atoms with Crippen LogP contribution in [-0.4, -0.2) is 20.9 Å². The SMILES string of the molecule is Cc1ccnc(Nc2cc(Nc3ccc(NC(=O)c4ccccc4)cc3)ncn2)c1. The van der Waals surface area contributed by atoms with Crippen LogP contribution in [0.1, 0.15) is 15.9 Å². The molecule has 0 saturated carbocycles. The standard InChI is InChI=1S/C23H20N6O/c1-16-11-12-24-20(13-16)29-22-14-21(25-15-26-22)27-18-7-9-19(10-8-18)28-23(30)17-5-3-2-4-6-17/h2-15H,1H3,(H,28,30)(H2,24,25,26,27,29). The van der Waals surface area contributed by atoms with Gasteiger partial charge in [0.15, 0.2) is 0 Å². The fourth-order valence-electron chi connectivity index (χ4n) is 2.81. The Hall–Kier alpha value is -4.26. The number of anilines is 5. The highest BCUT2D eigenvalue weighted by atomic mass is 16.1. The summed E-state index contributed by atoms with van der Waals surface area (Å²) in [5, 5.41) is 9.28. The second-order valence-electron chi connectivity index (χ2n) is 6.65. The second kappa shape index (κ2) is 8.83. The van der Waals surface area contributed by atoms with Gasteiger partial charge in [0.05, 0.1) is 0 Å². The van der Waals surface area contributed by atoms with E-state index in [0.29, 0.717) is 22.9 Å². The molecule has 0 bridgehead atoms. The topological polar surface area (TPSA) is 91.8 Å². The lowest BCUT2D eigenvalue weighted by atomic mass is 10.2. The second-order valence-corrected chi connectivity index (χ2v) is 6.65. The van der Waals surface area contributed by atoms with E-state index in [4.69, 9.17) is 0 Å². The Morgan fingerprint density at radius 1 is 0.733 bits per heavy atom. The normalized spacial score (nSPS) is 10.3. The molecular weight excluding hydrogens is 376 g/mol. The van der Waals surface area contributed by atoms with Crippen LogP contribution < -0.4 is 16.0 Å². The van der Waals surface area contributed by atoms with Crippen LogP contribution in [0.4, 0.5) is 28.8 Å². The average molecular weight is 396 g/mol. The van der Waals surface area contributed by atoms with E-state index < -0.39 is 0 Å². The van der Waals surface area contributed by atoms with Crippen molar-refractivity contribution in [3.63, 3.8) is 0 Å². The van der Waals surface area contributed by atoms with Gasteiger partial charge in [-0.3, -0.25) is 4.79 Å². The highest BCUT2D eigenvalue weighted by Crippen LogP contribution is 2.20. The molecule has 7 nitrogen and oxygen atoms in total. The van der Waals surface area contributed by atoms with E-state index in [-0.39, 0.29) is 5.91 Å². The molecule has 4 aromatic rings. The predicted molar refractivity (Wildman–Crippen MR) is 118 cm³/mol. The fraction of sp³-hybridized carbons (Fsp3) is 0.0435. The van der Waals surface area contributed by atoms with Gasteiger partial charge >= 0.3 is 0 Å². The van der Waals surface area contributed by atoms with Gasteiger partial charge in [0, 0.05) is 29.2 Å². The van der Waals surface area contributed by atoms with Crippen molar-refractivity contribution in [2.75, 3.05) is 16.0 Å². The van der Waals surface area contributed by atoms with Crippen molar-refractivity contribution in [3.05, 3.63) is 96.4 Å². The first kappa shape index (κ1) is 19.1. The number of hydrogen-bond donors (Lipinski definition) is 3. The molecule has 0 fully saturated rings. The lowest BCUT2D eigenvalue weighted by molar-refractivity contribution is 0.102. The lowest BCUT2D eigenvalue weighted by Crippen LogP contribution is -2.11. The quantitative estimate of drug-likeness (QED) is 0.428. The first-order valence-electron chi connectivity index (χ1n) is 9.41. The lowest BCUT2D eigenvalue weighted by Gasteiger charge is -2.10. The third-order valence-corrected chi connectivity index (χ3v) is 4.29. The summed E-state index contributed by atoms with van der Waals surface area (Å²) in [6.07, 6.45) is 3.23. The molecule has 1 amide bonds. The zero-order valence-electron chi connectivity index (χ0n) is 16.3. The van der Waals surface area contributed by atoms with E-state index in [2.05, 4.69) is 30.9 Å². The number of nitrogens with zero attached hydrogens (tertiary/aromatic N) is 3. The summed E-state index contributed by atoms with van der Waals surface area (Å²) in [5.74, 6) is 1.85. The van der Waals surface area contributed by atoms with Crippen molar-refractivity contribution in [3.8, 4) is 0 Å². The van der Waals surface area contributed by atoms with Crippen molar-refractivity contribution in [2.45, 2.75) is 6.92 Å². The Labute approximate surface area is 174 Å². The number of carbonyl (C=O) groups is 1. The van der Waals surface area contributed by atoms with Crippen LogP contribution in [0.3, 0.4) is 0 Å². The van der Waals surface area contributed by atoms with Crippen LogP contribution in [0.2, 0.25) is 0 Å². The molecule has 2 aromatic heterocycles. The van der Waals surface area contributed by atoms with E-state index >= 15 is 0 Å². The summed E-state index contributed by atoms with van der Waals surface area (Å²) in [4.78, 5) is 25.0. The van der Waals surface area contributed by atoms with E-state index in [1.807, 2.05) is 61.5 Å². The number of aryl methyl sites for hydroxylation is 1. The minimum Gasteiger partial charge on any atom is -0.340 e. The molecule has 30 heavy (non-hydrogen) atoms. The maximum atomic E-state index is 12.2. The maximum Gasteiger partial charge on any atom is 0.255 e. The average Bonchev–Trinajstić information content (AvgIpc) is 2.76. The van der Waals surface area contributed by atoms with Crippen molar-refractivity contribution in [2.24, 2.45) is 0 Å². The first-order chi connectivity index (χ1) is 14.7. The highest BCUT2D eigenvalue weighted by molar-refractivity contribution is 6.04. The molecule has 7 heteroatoms. The largest absolute Gasteiger partial charge is 0.340 e. The summed E-state index contributed by atoms with van der Waals surface area (Å²) in [7, 11) is 0. The summed E-state index contributed by atoms with van der Waals surface area (Å²) in [6.45, 7) is 2.01. The van der Waals surface area contributed by atoms with Gasteiger partial charge in [0.1, 0.15) is 23.8 Å². The van der Waals surface area contributed by atoms with Gasteiger partial charge in [-0.05, 0) is 61.0 Å². The van der Waals surface area contributed by atoms with Crippen molar-refractivity contribution in [1.29, 1.82) is 0 Å². The van der Waals surface area contributed by atoms with E-state index in [1.54, 1.807) is 24.4 Å². The molecular formula is C23H20N6O. The maximum absolute atomic E-state index is 12.2. The molecule has 0 aliphatic rings. The Morgan fingerprint density at radius 2 is 1.40 bits per heavy atom. The van der Waals surface area contributed by atoms with Crippen LogP contribution in [-0.2, 0) is 0 Å². The number of nitrogens with one attached hydrogen (secondary N) is 3. The van der Waals surface area contributed by atoms with Gasteiger partial charge in [-0.2, -0.15) is 0 Å². The Bertz CT molecular complexity index is 1150. The molecule has 3 N–H and O–H groups in total. The number of amides is 1. The van der Waals surface area contributed by atoms with E-state index in [1.165, 1.54) is 6.33 Å². The Morgan fingerprint density at radius 3 is 2.13 bits per heavy atom. The molecule has 0 atom stereocenters. The minimum atomic E-state index is -0.146. The van der Waals surface area contributed by atoms with Gasteiger partial charge in [-0.1, -0.05) is 18.2 Å². The van der Waals surface area contributed by atoms with Crippen LogP contribution >= 0.6 is 0 Å². The monoisotopic (exact) mass is 396 g/mol. The van der Waals surface area contributed by atoms with Gasteiger partial charge in [0.2, 0.25) is 0 Å². The highest BCUT2D eigenvalue weighted by Gasteiger charge is 2.06. The van der Waals surface area contributed by atoms with Crippen molar-refractivity contribution < 1.29 is 4.79 Å². The molecule has 0 spiro atoms. The number of benzene rings is 2. The predicted octanol–water partition coefficient (Wildman–Crippen LogP) is 4.92. The zero-order chi connectivity index (χ0) is 20.8. The van der Waals surface area contributed by atoms with E-state index in [0.717, 1.165) is 17.1 Å². The van der Waals surface area contributed by atoms with Crippen LogP contribution in [0, 0.1) is 6.92 Å². The molecule has 148 valence electrons. The minimum absolute atomic E-state index is 0.146. The number of pyridine rings is 1. The first-order valence-corrected chi connectivity index (χ1v) is 9.41. The van der Waals surface area contributed by atoms with Gasteiger partial charge in [-0.25, -0.2) is 15.0 Å². The zero-order valence-corrected chi connectivity index (χ0v) is 16.3. The summed E-state index contributed by atoms with van der Waals surface area (Å²) in [6, 6.07) is 22.2. The molecule has 2 aromatic carbocycles.